The van der Waals surface area contributed by atoms with E-state index < -0.39 is 0 Å². The second-order valence-corrected chi connectivity index (χ2v) is 5.29. The van der Waals surface area contributed by atoms with E-state index in [2.05, 4.69) is 39.3 Å². The zero-order chi connectivity index (χ0) is 17.9. The molecule has 0 fully saturated rings. The van der Waals surface area contributed by atoms with Crippen LogP contribution in [0.15, 0.2) is 48.2 Å². The topological polar surface area (TPSA) is 76.4 Å². The molecule has 0 amide bonds. The minimum absolute atomic E-state index is 0.478. The molecular formula is C18H26N6O. The van der Waals surface area contributed by atoms with Gasteiger partial charge < -0.3 is 19.9 Å². The van der Waals surface area contributed by atoms with Crippen LogP contribution < -0.4 is 15.4 Å². The molecule has 0 saturated heterocycles. The third kappa shape index (κ3) is 5.63. The Morgan fingerprint density at radius 3 is 2.92 bits per heavy atom. The van der Waals surface area contributed by atoms with Crippen molar-refractivity contribution in [3.8, 4) is 5.75 Å². The highest BCUT2D eigenvalue weighted by Crippen LogP contribution is 2.18. The first-order chi connectivity index (χ1) is 12.3. The van der Waals surface area contributed by atoms with Crippen LogP contribution in [-0.4, -0.2) is 33.9 Å². The van der Waals surface area contributed by atoms with Crippen LogP contribution >= 0.6 is 0 Å². The fourth-order valence-electron chi connectivity index (χ4n) is 2.27. The number of guanidine groups is 1. The first-order valence-corrected chi connectivity index (χ1v) is 8.48. The number of benzene rings is 1. The van der Waals surface area contributed by atoms with Gasteiger partial charge in [-0.05, 0) is 19.9 Å². The largest absolute Gasteiger partial charge is 0.489 e. The molecule has 7 nitrogen and oxygen atoms in total. The van der Waals surface area contributed by atoms with E-state index in [9.17, 15) is 0 Å². The molecule has 2 rings (SSSR count). The highest BCUT2D eigenvalue weighted by Gasteiger charge is 2.06. The maximum atomic E-state index is 5.68. The Labute approximate surface area is 148 Å². The van der Waals surface area contributed by atoms with Gasteiger partial charge >= 0.3 is 0 Å². The Kier molecular flexibility index (Phi) is 7.49. The van der Waals surface area contributed by atoms with Crippen LogP contribution in [0.5, 0.6) is 5.75 Å². The molecule has 0 saturated carbocycles. The zero-order valence-corrected chi connectivity index (χ0v) is 14.9. The number of para-hydroxylation sites is 1. The van der Waals surface area contributed by atoms with Crippen molar-refractivity contribution in [1.29, 1.82) is 0 Å². The van der Waals surface area contributed by atoms with Crippen molar-refractivity contribution >= 4 is 5.96 Å². The molecule has 1 aromatic heterocycles. The molecule has 2 N–H and O–H groups in total. The lowest BCUT2D eigenvalue weighted by Crippen LogP contribution is -2.37. The second kappa shape index (κ2) is 10.1. The average Bonchev–Trinajstić information content (AvgIpc) is 3.10. The Balaban J connectivity index is 2.03. The van der Waals surface area contributed by atoms with E-state index in [1.165, 1.54) is 0 Å². The fourth-order valence-corrected chi connectivity index (χ4v) is 2.27. The Bertz CT molecular complexity index is 694. The highest BCUT2D eigenvalue weighted by molar-refractivity contribution is 5.79. The van der Waals surface area contributed by atoms with Crippen molar-refractivity contribution in [2.45, 2.75) is 33.5 Å². The summed E-state index contributed by atoms with van der Waals surface area (Å²) in [5, 5.41) is 14.6. The summed E-state index contributed by atoms with van der Waals surface area (Å²) in [6.07, 6.45) is 3.46. The van der Waals surface area contributed by atoms with Gasteiger partial charge in [0.05, 0.1) is 13.1 Å². The van der Waals surface area contributed by atoms with Crippen LogP contribution in [0.25, 0.3) is 0 Å². The lowest BCUT2D eigenvalue weighted by Gasteiger charge is -2.12. The van der Waals surface area contributed by atoms with Crippen molar-refractivity contribution in [1.82, 2.24) is 25.4 Å². The van der Waals surface area contributed by atoms with Crippen LogP contribution in [0, 0.1) is 0 Å². The van der Waals surface area contributed by atoms with Crippen LogP contribution in [0.1, 0.15) is 25.2 Å². The van der Waals surface area contributed by atoms with E-state index in [1.807, 2.05) is 35.8 Å². The maximum absolute atomic E-state index is 5.68. The molecule has 0 aliphatic heterocycles. The number of aliphatic imine (C=N–C) groups is 1. The Morgan fingerprint density at radius 2 is 2.16 bits per heavy atom. The van der Waals surface area contributed by atoms with Crippen molar-refractivity contribution in [2.75, 3.05) is 13.2 Å². The van der Waals surface area contributed by atoms with E-state index in [0.717, 1.165) is 36.2 Å². The number of hydrogen-bond donors (Lipinski definition) is 2. The highest BCUT2D eigenvalue weighted by atomic mass is 16.5. The molecule has 0 aliphatic rings. The van der Waals surface area contributed by atoms with Crippen molar-refractivity contribution in [2.24, 2.45) is 4.99 Å². The minimum atomic E-state index is 0.478. The van der Waals surface area contributed by atoms with Crippen molar-refractivity contribution < 1.29 is 4.74 Å². The maximum Gasteiger partial charge on any atom is 0.191 e. The van der Waals surface area contributed by atoms with E-state index in [-0.39, 0.29) is 0 Å². The van der Waals surface area contributed by atoms with E-state index in [4.69, 9.17) is 4.74 Å². The number of nitrogens with zero attached hydrogens (tertiary/aromatic N) is 4. The Morgan fingerprint density at radius 1 is 1.32 bits per heavy atom. The standard InChI is InChI=1S/C18H26N6O/c1-4-11-25-16-10-8-7-9-15(16)12-20-18(19-5-2)21-13-17-23-22-14-24(17)6-3/h4,7-10,14H,1,5-6,11-13H2,2-3H3,(H2,19,20,21). The van der Waals surface area contributed by atoms with Gasteiger partial charge in [0, 0.05) is 18.7 Å². The molecule has 2 aromatic rings. The molecular weight excluding hydrogens is 316 g/mol. The number of hydrogen-bond acceptors (Lipinski definition) is 4. The summed E-state index contributed by atoms with van der Waals surface area (Å²) >= 11 is 0. The number of aromatic nitrogens is 3. The van der Waals surface area contributed by atoms with Gasteiger partial charge in [0.1, 0.15) is 18.7 Å². The summed E-state index contributed by atoms with van der Waals surface area (Å²) in [4.78, 5) is 4.64. The van der Waals surface area contributed by atoms with Crippen LogP contribution in [-0.2, 0) is 19.6 Å². The summed E-state index contributed by atoms with van der Waals surface area (Å²) in [6.45, 7) is 11.0. The summed E-state index contributed by atoms with van der Waals surface area (Å²) < 4.78 is 7.67. The Hall–Kier alpha value is -2.83. The number of rotatable bonds is 9. The van der Waals surface area contributed by atoms with E-state index in [1.54, 1.807) is 12.4 Å². The normalized spacial score (nSPS) is 11.2. The van der Waals surface area contributed by atoms with Gasteiger partial charge in [-0.3, -0.25) is 0 Å². The molecule has 7 heteroatoms. The van der Waals surface area contributed by atoms with Gasteiger partial charge in [-0.2, -0.15) is 0 Å². The first kappa shape index (κ1) is 18.5. The molecule has 25 heavy (non-hydrogen) atoms. The number of ether oxygens (including phenoxy) is 1. The van der Waals surface area contributed by atoms with Gasteiger partial charge in [-0.1, -0.05) is 30.9 Å². The molecule has 0 spiro atoms. The van der Waals surface area contributed by atoms with Crippen LogP contribution in [0.2, 0.25) is 0 Å². The predicted molar refractivity (Wildman–Crippen MR) is 99.5 cm³/mol. The lowest BCUT2D eigenvalue weighted by atomic mass is 10.2. The molecule has 0 atom stereocenters. The monoisotopic (exact) mass is 342 g/mol. The molecule has 1 heterocycles. The van der Waals surface area contributed by atoms with Gasteiger partial charge in [0.15, 0.2) is 11.8 Å². The first-order valence-electron chi connectivity index (χ1n) is 8.48. The van der Waals surface area contributed by atoms with E-state index in [0.29, 0.717) is 19.7 Å². The summed E-state index contributed by atoms with van der Waals surface area (Å²) in [5.74, 6) is 2.43. The smallest absolute Gasteiger partial charge is 0.191 e. The van der Waals surface area contributed by atoms with Gasteiger partial charge in [0.2, 0.25) is 0 Å². The van der Waals surface area contributed by atoms with Crippen LogP contribution in [0.3, 0.4) is 0 Å². The summed E-state index contributed by atoms with van der Waals surface area (Å²) in [5.41, 5.74) is 1.03. The molecule has 134 valence electrons. The fraction of sp³-hybridized carbons (Fsp3) is 0.389. The van der Waals surface area contributed by atoms with Gasteiger partial charge in [0.25, 0.3) is 0 Å². The van der Waals surface area contributed by atoms with Gasteiger partial charge in [-0.15, -0.1) is 10.2 Å². The quantitative estimate of drug-likeness (QED) is 0.415. The summed E-state index contributed by atoms with van der Waals surface area (Å²) in [6, 6.07) is 7.89. The second-order valence-electron chi connectivity index (χ2n) is 5.29. The SMILES string of the molecule is C=CCOc1ccccc1CN=C(NCC)NCc1nncn1CC. The minimum Gasteiger partial charge on any atom is -0.489 e. The third-order valence-corrected chi connectivity index (χ3v) is 3.53. The molecule has 0 bridgehead atoms. The van der Waals surface area contributed by atoms with Crippen LogP contribution in [0.4, 0.5) is 0 Å². The average molecular weight is 342 g/mol. The van der Waals surface area contributed by atoms with Crippen molar-refractivity contribution in [3.63, 3.8) is 0 Å². The molecule has 0 aliphatic carbocycles. The van der Waals surface area contributed by atoms with Gasteiger partial charge in [-0.25, -0.2) is 4.99 Å². The molecule has 0 unspecified atom stereocenters. The third-order valence-electron chi connectivity index (χ3n) is 3.53. The zero-order valence-electron chi connectivity index (χ0n) is 14.9. The van der Waals surface area contributed by atoms with E-state index >= 15 is 0 Å². The van der Waals surface area contributed by atoms with Crippen molar-refractivity contribution in [3.05, 3.63) is 54.6 Å². The summed E-state index contributed by atoms with van der Waals surface area (Å²) in [7, 11) is 0. The molecule has 0 radical (unpaired) electrons. The lowest BCUT2D eigenvalue weighted by molar-refractivity contribution is 0.359. The predicted octanol–water partition coefficient (Wildman–Crippen LogP) is 2.12. The number of nitrogens with one attached hydrogen (secondary N) is 2. The molecule has 1 aromatic carbocycles. The number of aryl methyl sites for hydroxylation is 1.